The van der Waals surface area contributed by atoms with Crippen molar-refractivity contribution >= 4 is 11.6 Å². The lowest BCUT2D eigenvalue weighted by atomic mass is 10.1. The van der Waals surface area contributed by atoms with Crippen molar-refractivity contribution in [3.63, 3.8) is 0 Å². The number of aryl methyl sites for hydroxylation is 1. The normalized spacial score (nSPS) is 16.5. The summed E-state index contributed by atoms with van der Waals surface area (Å²) in [6.07, 6.45) is 1.07. The van der Waals surface area contributed by atoms with Crippen LogP contribution in [-0.4, -0.2) is 30.7 Å². The summed E-state index contributed by atoms with van der Waals surface area (Å²) in [6.45, 7) is 4.65. The van der Waals surface area contributed by atoms with Crippen LogP contribution in [0.25, 0.3) is 11.3 Å². The zero-order chi connectivity index (χ0) is 18.6. The molecule has 0 aliphatic carbocycles. The summed E-state index contributed by atoms with van der Waals surface area (Å²) >= 11 is 0. The molecule has 1 amide bonds. The van der Waals surface area contributed by atoms with Gasteiger partial charge in [0.15, 0.2) is 0 Å². The molecule has 0 spiro atoms. The fraction of sp³-hybridized carbons (Fsp3) is 0.273. The summed E-state index contributed by atoms with van der Waals surface area (Å²) in [5, 5.41) is 7.01. The molecule has 2 heterocycles. The first kappa shape index (κ1) is 17.3. The number of carbonyl (C=O) groups is 1. The van der Waals surface area contributed by atoms with Crippen molar-refractivity contribution in [2.75, 3.05) is 24.5 Å². The van der Waals surface area contributed by atoms with Crippen LogP contribution < -0.4 is 10.2 Å². The van der Waals surface area contributed by atoms with E-state index in [1.807, 2.05) is 37.3 Å². The zero-order valence-electron chi connectivity index (χ0n) is 15.4. The minimum atomic E-state index is -0.209. The van der Waals surface area contributed by atoms with E-state index in [-0.39, 0.29) is 11.7 Å². The molecule has 0 saturated carbocycles. The van der Waals surface area contributed by atoms with Crippen LogP contribution in [0.15, 0.2) is 65.2 Å². The highest BCUT2D eigenvalue weighted by atomic mass is 16.5. The molecule has 138 valence electrons. The Morgan fingerprint density at radius 2 is 1.96 bits per heavy atom. The molecule has 4 rings (SSSR count). The first-order chi connectivity index (χ1) is 13.2. The molecule has 0 radical (unpaired) electrons. The van der Waals surface area contributed by atoms with Crippen LogP contribution in [0, 0.1) is 12.8 Å². The van der Waals surface area contributed by atoms with E-state index in [0.717, 1.165) is 25.1 Å². The number of hydrogen-bond donors (Lipinski definition) is 1. The number of aromatic nitrogens is 1. The van der Waals surface area contributed by atoms with Crippen LogP contribution in [0.4, 0.5) is 5.69 Å². The van der Waals surface area contributed by atoms with Gasteiger partial charge in [0.25, 0.3) is 5.91 Å². The summed E-state index contributed by atoms with van der Waals surface area (Å²) in [7, 11) is 0. The van der Waals surface area contributed by atoms with Crippen LogP contribution in [0.5, 0.6) is 0 Å². The topological polar surface area (TPSA) is 58.4 Å². The molecule has 1 aliphatic heterocycles. The van der Waals surface area contributed by atoms with Crippen LogP contribution in [-0.2, 0) is 0 Å². The third-order valence-corrected chi connectivity index (χ3v) is 5.04. The quantitative estimate of drug-likeness (QED) is 0.749. The monoisotopic (exact) mass is 361 g/mol. The zero-order valence-corrected chi connectivity index (χ0v) is 15.4. The van der Waals surface area contributed by atoms with Gasteiger partial charge >= 0.3 is 0 Å². The Bertz CT molecular complexity index is 903. The molecule has 1 unspecified atom stereocenters. The molecule has 3 aromatic rings. The number of amides is 1. The number of nitrogens with zero attached hydrogens (tertiary/aromatic N) is 2. The van der Waals surface area contributed by atoms with Crippen molar-refractivity contribution in [2.45, 2.75) is 13.3 Å². The van der Waals surface area contributed by atoms with Gasteiger partial charge in [0, 0.05) is 37.0 Å². The number of nitrogens with one attached hydrogen (secondary N) is 1. The van der Waals surface area contributed by atoms with Gasteiger partial charge in [-0.2, -0.15) is 0 Å². The molecule has 5 heteroatoms. The fourth-order valence-electron chi connectivity index (χ4n) is 3.44. The van der Waals surface area contributed by atoms with E-state index in [2.05, 4.69) is 39.6 Å². The average Bonchev–Trinajstić information content (AvgIpc) is 3.37. The number of para-hydroxylation sites is 1. The Morgan fingerprint density at radius 3 is 2.74 bits per heavy atom. The number of hydrogen-bond acceptors (Lipinski definition) is 4. The van der Waals surface area contributed by atoms with E-state index >= 15 is 0 Å². The lowest BCUT2D eigenvalue weighted by molar-refractivity contribution is 0.0911. The minimum Gasteiger partial charge on any atom is -0.371 e. The SMILES string of the molecule is Cc1ccc(-c2cc(C(=O)NCC3CCN(c4ccccc4)C3)on2)cc1. The summed E-state index contributed by atoms with van der Waals surface area (Å²) in [5.41, 5.74) is 4.04. The van der Waals surface area contributed by atoms with Crippen LogP contribution in [0.2, 0.25) is 0 Å². The molecule has 1 fully saturated rings. The van der Waals surface area contributed by atoms with Gasteiger partial charge < -0.3 is 14.7 Å². The molecule has 5 nitrogen and oxygen atoms in total. The van der Waals surface area contributed by atoms with Crippen LogP contribution in [0.3, 0.4) is 0 Å². The highest BCUT2D eigenvalue weighted by molar-refractivity contribution is 5.92. The molecule has 2 aromatic carbocycles. The smallest absolute Gasteiger partial charge is 0.289 e. The second-order valence-corrected chi connectivity index (χ2v) is 7.09. The lowest BCUT2D eigenvalue weighted by Crippen LogP contribution is -2.30. The molecule has 1 N–H and O–H groups in total. The van der Waals surface area contributed by atoms with E-state index in [9.17, 15) is 4.79 Å². The summed E-state index contributed by atoms with van der Waals surface area (Å²) < 4.78 is 5.24. The van der Waals surface area contributed by atoms with Crippen LogP contribution >= 0.6 is 0 Å². The molecule has 0 bridgehead atoms. The van der Waals surface area contributed by atoms with Gasteiger partial charge in [-0.1, -0.05) is 53.2 Å². The lowest BCUT2D eigenvalue weighted by Gasteiger charge is -2.18. The second kappa shape index (κ2) is 7.66. The average molecular weight is 361 g/mol. The molecule has 1 saturated heterocycles. The number of carbonyl (C=O) groups excluding carboxylic acids is 1. The molecule has 27 heavy (non-hydrogen) atoms. The van der Waals surface area contributed by atoms with Crippen molar-refractivity contribution in [3.05, 3.63) is 72.0 Å². The van der Waals surface area contributed by atoms with Gasteiger partial charge in [0.1, 0.15) is 5.69 Å². The minimum absolute atomic E-state index is 0.209. The highest BCUT2D eigenvalue weighted by Crippen LogP contribution is 2.23. The Morgan fingerprint density at radius 1 is 1.19 bits per heavy atom. The predicted molar refractivity (Wildman–Crippen MR) is 106 cm³/mol. The van der Waals surface area contributed by atoms with Crippen LogP contribution in [0.1, 0.15) is 22.5 Å². The maximum Gasteiger partial charge on any atom is 0.289 e. The summed E-state index contributed by atoms with van der Waals surface area (Å²) in [5.74, 6) is 0.483. The van der Waals surface area contributed by atoms with Crippen molar-refractivity contribution in [2.24, 2.45) is 5.92 Å². The Kier molecular flexibility index (Phi) is 4.92. The number of anilines is 1. The van der Waals surface area contributed by atoms with Gasteiger partial charge in [-0.05, 0) is 31.4 Å². The Hall–Kier alpha value is -3.08. The van der Waals surface area contributed by atoms with E-state index in [0.29, 0.717) is 18.2 Å². The van der Waals surface area contributed by atoms with E-state index < -0.39 is 0 Å². The van der Waals surface area contributed by atoms with E-state index in [1.165, 1.54) is 11.3 Å². The summed E-state index contributed by atoms with van der Waals surface area (Å²) in [4.78, 5) is 14.8. The first-order valence-electron chi connectivity index (χ1n) is 9.31. The second-order valence-electron chi connectivity index (χ2n) is 7.09. The van der Waals surface area contributed by atoms with Gasteiger partial charge in [-0.25, -0.2) is 0 Å². The third-order valence-electron chi connectivity index (χ3n) is 5.04. The third kappa shape index (κ3) is 4.03. The summed E-state index contributed by atoms with van der Waals surface area (Å²) in [6, 6.07) is 20.1. The molecular formula is C22H23N3O2. The fourth-order valence-corrected chi connectivity index (χ4v) is 3.44. The van der Waals surface area contributed by atoms with E-state index in [4.69, 9.17) is 4.52 Å². The number of rotatable bonds is 5. The van der Waals surface area contributed by atoms with Crippen molar-refractivity contribution in [3.8, 4) is 11.3 Å². The standard InChI is InChI=1S/C22H23N3O2/c1-16-7-9-18(10-8-16)20-13-21(27-24-20)22(26)23-14-17-11-12-25(15-17)19-5-3-2-4-6-19/h2-10,13,17H,11-12,14-15H2,1H3,(H,23,26). The van der Waals surface area contributed by atoms with Crippen molar-refractivity contribution in [1.29, 1.82) is 0 Å². The van der Waals surface area contributed by atoms with E-state index in [1.54, 1.807) is 6.07 Å². The van der Waals surface area contributed by atoms with Crippen molar-refractivity contribution in [1.82, 2.24) is 10.5 Å². The molecular weight excluding hydrogens is 338 g/mol. The maximum atomic E-state index is 12.4. The maximum absolute atomic E-state index is 12.4. The molecule has 1 atom stereocenters. The Balaban J connectivity index is 1.32. The highest BCUT2D eigenvalue weighted by Gasteiger charge is 2.24. The predicted octanol–water partition coefficient (Wildman–Crippen LogP) is 3.91. The largest absolute Gasteiger partial charge is 0.371 e. The molecule has 1 aromatic heterocycles. The van der Waals surface area contributed by atoms with Gasteiger partial charge in [0.05, 0.1) is 0 Å². The van der Waals surface area contributed by atoms with Gasteiger partial charge in [-0.15, -0.1) is 0 Å². The van der Waals surface area contributed by atoms with Gasteiger partial charge in [-0.3, -0.25) is 4.79 Å². The van der Waals surface area contributed by atoms with Crippen molar-refractivity contribution < 1.29 is 9.32 Å². The first-order valence-corrected chi connectivity index (χ1v) is 9.31. The molecule has 1 aliphatic rings. The Labute approximate surface area is 159 Å². The van der Waals surface area contributed by atoms with Gasteiger partial charge in [0.2, 0.25) is 5.76 Å². The number of benzene rings is 2.